The zero-order chi connectivity index (χ0) is 17.7. The summed E-state index contributed by atoms with van der Waals surface area (Å²) in [4.78, 5) is 34.8. The first-order valence-corrected chi connectivity index (χ1v) is 6.94. The van der Waals surface area contributed by atoms with Gasteiger partial charge in [-0.1, -0.05) is 12.1 Å². The Labute approximate surface area is 136 Å². The van der Waals surface area contributed by atoms with Crippen LogP contribution in [0.2, 0.25) is 0 Å². The van der Waals surface area contributed by atoms with Crippen LogP contribution in [0.15, 0.2) is 42.5 Å². The Kier molecular flexibility index (Phi) is 5.26. The summed E-state index contributed by atoms with van der Waals surface area (Å²) in [7, 11) is 0. The summed E-state index contributed by atoms with van der Waals surface area (Å²) >= 11 is 0. The lowest BCUT2D eigenvalue weighted by Gasteiger charge is -2.08. The largest absolute Gasteiger partial charge is 0.506 e. The molecular weight excluding hydrogens is 317 g/mol. The van der Waals surface area contributed by atoms with Gasteiger partial charge in [-0.3, -0.25) is 9.59 Å². The zero-order valence-electron chi connectivity index (χ0n) is 12.7. The molecule has 24 heavy (non-hydrogen) atoms. The molecule has 7 heteroatoms. The molecule has 2 aromatic rings. The number of aromatic hydroxyl groups is 1. The van der Waals surface area contributed by atoms with E-state index in [0.29, 0.717) is 0 Å². The number of ether oxygens (including phenoxy) is 1. The Morgan fingerprint density at radius 3 is 2.54 bits per heavy atom. The monoisotopic (exact) mass is 331 g/mol. The summed E-state index contributed by atoms with van der Waals surface area (Å²) < 4.78 is 18.3. The van der Waals surface area contributed by atoms with E-state index in [0.717, 1.165) is 6.07 Å². The van der Waals surface area contributed by atoms with E-state index in [4.69, 9.17) is 4.74 Å². The van der Waals surface area contributed by atoms with E-state index < -0.39 is 30.1 Å². The number of hydrogen-bond acceptors (Lipinski definition) is 5. The first-order valence-electron chi connectivity index (χ1n) is 6.94. The number of carbonyl (C=O) groups is 3. The van der Waals surface area contributed by atoms with Gasteiger partial charge in [-0.2, -0.15) is 0 Å². The number of amides is 1. The number of hydrogen-bond donors (Lipinski definition) is 2. The number of benzene rings is 2. The smallest absolute Gasteiger partial charge is 0.341 e. The van der Waals surface area contributed by atoms with Crippen LogP contribution >= 0.6 is 0 Å². The molecule has 124 valence electrons. The van der Waals surface area contributed by atoms with Gasteiger partial charge in [0.15, 0.2) is 12.4 Å². The fourth-order valence-corrected chi connectivity index (χ4v) is 1.92. The van der Waals surface area contributed by atoms with Crippen molar-refractivity contribution in [2.24, 2.45) is 0 Å². The molecule has 0 radical (unpaired) electrons. The molecule has 0 saturated heterocycles. The molecule has 0 aliphatic carbocycles. The minimum Gasteiger partial charge on any atom is -0.506 e. The third-order valence-electron chi connectivity index (χ3n) is 3.06. The number of Topliss-reactive ketones (excluding diaryl/α,β-unsaturated/α-hetero) is 1. The molecule has 0 fully saturated rings. The minimum atomic E-state index is -0.956. The van der Waals surface area contributed by atoms with Crippen LogP contribution in [0, 0.1) is 5.82 Å². The Morgan fingerprint density at radius 1 is 1.17 bits per heavy atom. The summed E-state index contributed by atoms with van der Waals surface area (Å²) in [6.45, 7) is 0.654. The van der Waals surface area contributed by atoms with Crippen LogP contribution in [0.1, 0.15) is 27.6 Å². The van der Waals surface area contributed by atoms with Crippen LogP contribution < -0.4 is 5.32 Å². The molecule has 0 saturated carbocycles. The van der Waals surface area contributed by atoms with Gasteiger partial charge >= 0.3 is 5.97 Å². The van der Waals surface area contributed by atoms with Crippen LogP contribution in [0.25, 0.3) is 0 Å². The number of halogens is 1. The van der Waals surface area contributed by atoms with Gasteiger partial charge in [0.25, 0.3) is 0 Å². The molecule has 0 bridgehead atoms. The second-order valence-corrected chi connectivity index (χ2v) is 4.89. The lowest BCUT2D eigenvalue weighted by atomic mass is 10.1. The van der Waals surface area contributed by atoms with Crippen LogP contribution in [0.5, 0.6) is 5.75 Å². The minimum absolute atomic E-state index is 0.0637. The summed E-state index contributed by atoms with van der Waals surface area (Å²) in [5.74, 6) is -2.88. The molecule has 0 unspecified atom stereocenters. The van der Waals surface area contributed by atoms with E-state index in [-0.39, 0.29) is 22.6 Å². The van der Waals surface area contributed by atoms with E-state index in [1.807, 2.05) is 0 Å². The zero-order valence-corrected chi connectivity index (χ0v) is 12.7. The van der Waals surface area contributed by atoms with Gasteiger partial charge in [0, 0.05) is 12.5 Å². The SMILES string of the molecule is CC(=O)Nc1cc(C(=O)COC(=O)c2ccccc2F)ccc1O. The number of ketones is 1. The Balaban J connectivity index is 2.06. The molecule has 1 amide bonds. The van der Waals surface area contributed by atoms with Gasteiger partial charge in [0.1, 0.15) is 11.6 Å². The lowest BCUT2D eigenvalue weighted by molar-refractivity contribution is -0.114. The maximum Gasteiger partial charge on any atom is 0.341 e. The number of esters is 1. The summed E-state index contributed by atoms with van der Waals surface area (Å²) in [6, 6.07) is 9.07. The topological polar surface area (TPSA) is 92.7 Å². The van der Waals surface area contributed by atoms with Gasteiger partial charge in [0.2, 0.25) is 5.91 Å². The Morgan fingerprint density at radius 2 is 1.88 bits per heavy atom. The quantitative estimate of drug-likeness (QED) is 0.499. The molecule has 0 aliphatic heterocycles. The van der Waals surface area contributed by atoms with E-state index in [2.05, 4.69) is 5.32 Å². The van der Waals surface area contributed by atoms with Crippen molar-refractivity contribution in [1.82, 2.24) is 0 Å². The first-order chi connectivity index (χ1) is 11.4. The van der Waals surface area contributed by atoms with E-state index >= 15 is 0 Å². The molecule has 2 rings (SSSR count). The van der Waals surface area contributed by atoms with Crippen molar-refractivity contribution in [3.8, 4) is 5.75 Å². The number of phenolic OH excluding ortho intramolecular Hbond substituents is 1. The van der Waals surface area contributed by atoms with Crippen LogP contribution in [-0.2, 0) is 9.53 Å². The number of anilines is 1. The van der Waals surface area contributed by atoms with Crippen LogP contribution in [0.3, 0.4) is 0 Å². The summed E-state index contributed by atoms with van der Waals surface area (Å²) in [5.41, 5.74) is -0.0818. The molecule has 0 aromatic heterocycles. The van der Waals surface area contributed by atoms with E-state index in [1.54, 1.807) is 0 Å². The Hall–Kier alpha value is -3.22. The molecule has 0 spiro atoms. The normalized spacial score (nSPS) is 10.1. The molecule has 2 N–H and O–H groups in total. The Bertz CT molecular complexity index is 803. The van der Waals surface area contributed by atoms with Gasteiger partial charge in [-0.25, -0.2) is 9.18 Å². The first kappa shape index (κ1) is 17.1. The van der Waals surface area contributed by atoms with Crippen molar-refractivity contribution in [2.75, 3.05) is 11.9 Å². The molecular formula is C17H14FNO5. The number of nitrogens with one attached hydrogen (secondary N) is 1. The maximum atomic E-state index is 13.5. The molecule has 6 nitrogen and oxygen atoms in total. The molecule has 0 aliphatic rings. The van der Waals surface area contributed by atoms with Crippen molar-refractivity contribution < 1.29 is 28.6 Å². The maximum absolute atomic E-state index is 13.5. The predicted molar refractivity (Wildman–Crippen MR) is 83.4 cm³/mol. The van der Waals surface area contributed by atoms with Crippen molar-refractivity contribution in [3.63, 3.8) is 0 Å². The average molecular weight is 331 g/mol. The fourth-order valence-electron chi connectivity index (χ4n) is 1.92. The van der Waals surface area contributed by atoms with Crippen molar-refractivity contribution in [1.29, 1.82) is 0 Å². The van der Waals surface area contributed by atoms with Crippen molar-refractivity contribution >= 4 is 23.3 Å². The molecule has 0 atom stereocenters. The van der Waals surface area contributed by atoms with Crippen LogP contribution in [-0.4, -0.2) is 29.4 Å². The van der Waals surface area contributed by atoms with Gasteiger partial charge in [-0.15, -0.1) is 0 Å². The van der Waals surface area contributed by atoms with Crippen molar-refractivity contribution in [2.45, 2.75) is 6.92 Å². The average Bonchev–Trinajstić information content (AvgIpc) is 2.54. The highest BCUT2D eigenvalue weighted by Gasteiger charge is 2.16. The number of rotatable bonds is 5. The highest BCUT2D eigenvalue weighted by molar-refractivity contribution is 6.01. The van der Waals surface area contributed by atoms with Crippen LogP contribution in [0.4, 0.5) is 10.1 Å². The fraction of sp³-hybridized carbons (Fsp3) is 0.118. The van der Waals surface area contributed by atoms with E-state index in [1.165, 1.54) is 43.3 Å². The molecule has 0 heterocycles. The standard InChI is InChI=1S/C17H14FNO5/c1-10(20)19-14-8-11(6-7-15(14)21)16(22)9-24-17(23)12-4-2-3-5-13(12)18/h2-8,21H,9H2,1H3,(H,19,20). The third-order valence-corrected chi connectivity index (χ3v) is 3.06. The van der Waals surface area contributed by atoms with Gasteiger partial charge in [0.05, 0.1) is 11.3 Å². The van der Waals surface area contributed by atoms with E-state index in [9.17, 15) is 23.9 Å². The van der Waals surface area contributed by atoms with Gasteiger partial charge < -0.3 is 15.2 Å². The highest BCUT2D eigenvalue weighted by atomic mass is 19.1. The summed E-state index contributed by atoms with van der Waals surface area (Å²) in [5, 5.41) is 12.0. The van der Waals surface area contributed by atoms with Crippen molar-refractivity contribution in [3.05, 3.63) is 59.4 Å². The third kappa shape index (κ3) is 4.16. The summed E-state index contributed by atoms with van der Waals surface area (Å²) in [6.07, 6.45) is 0. The molecule has 2 aromatic carbocycles. The second-order valence-electron chi connectivity index (χ2n) is 4.89. The van der Waals surface area contributed by atoms with Gasteiger partial charge in [-0.05, 0) is 30.3 Å². The highest BCUT2D eigenvalue weighted by Crippen LogP contribution is 2.24. The predicted octanol–water partition coefficient (Wildman–Crippen LogP) is 2.53. The number of carbonyl (C=O) groups excluding carboxylic acids is 3. The number of phenols is 1. The lowest BCUT2D eigenvalue weighted by Crippen LogP contribution is -2.15. The second kappa shape index (κ2) is 7.36.